The van der Waals surface area contributed by atoms with E-state index in [0.717, 1.165) is 29.8 Å². The highest BCUT2D eigenvalue weighted by Crippen LogP contribution is 2.31. The van der Waals surface area contributed by atoms with Gasteiger partial charge in [-0.3, -0.25) is 4.79 Å². The zero-order valence-corrected chi connectivity index (χ0v) is 16.3. The number of carbonyl (C=O) groups excluding carboxylic acids is 1. The van der Waals surface area contributed by atoms with Gasteiger partial charge in [-0.2, -0.15) is 0 Å². The molecular weight excluding hydrogens is 371 g/mol. The summed E-state index contributed by atoms with van der Waals surface area (Å²) in [4.78, 5) is 13.5. The first-order chi connectivity index (χ1) is 12.0. The van der Waals surface area contributed by atoms with Gasteiger partial charge in [0.2, 0.25) is 5.91 Å². The summed E-state index contributed by atoms with van der Waals surface area (Å²) in [5.74, 6) is 0.365. The Bertz CT molecular complexity index is 754. The molecule has 3 nitrogen and oxygen atoms in total. The van der Waals surface area contributed by atoms with Crippen molar-refractivity contribution in [2.75, 3.05) is 11.5 Å². The lowest BCUT2D eigenvalue weighted by molar-refractivity contribution is -0.124. The molecule has 140 valence electrons. The molecule has 0 aliphatic heterocycles. The van der Waals surface area contributed by atoms with E-state index in [1.165, 1.54) is 23.3 Å². The van der Waals surface area contributed by atoms with Crippen LogP contribution >= 0.6 is 24.2 Å². The summed E-state index contributed by atoms with van der Waals surface area (Å²) in [5, 5.41) is 3.19. The van der Waals surface area contributed by atoms with E-state index in [1.54, 1.807) is 23.9 Å². The van der Waals surface area contributed by atoms with E-state index in [0.29, 0.717) is 5.75 Å². The first-order valence-corrected chi connectivity index (χ1v) is 9.58. The third-order valence-electron chi connectivity index (χ3n) is 4.56. The summed E-state index contributed by atoms with van der Waals surface area (Å²) in [6.07, 6.45) is 3.03. The Hall–Kier alpha value is -1.72. The number of hydrogen-bond acceptors (Lipinski definition) is 3. The van der Waals surface area contributed by atoms with Crippen molar-refractivity contribution in [2.24, 2.45) is 5.92 Å². The van der Waals surface area contributed by atoms with Crippen molar-refractivity contribution in [1.82, 2.24) is 5.32 Å². The van der Waals surface area contributed by atoms with Crippen LogP contribution in [0.4, 0.5) is 10.1 Å². The van der Waals surface area contributed by atoms with Crippen LogP contribution in [-0.2, 0) is 11.2 Å². The second kappa shape index (κ2) is 9.28. The Morgan fingerprint density at radius 1 is 1.31 bits per heavy atom. The van der Waals surface area contributed by atoms with Crippen LogP contribution in [-0.4, -0.2) is 11.7 Å². The number of thioether (sulfide) groups is 1. The fraction of sp³-hybridized carbons (Fsp3) is 0.350. The van der Waals surface area contributed by atoms with Gasteiger partial charge < -0.3 is 11.1 Å². The number of amides is 1. The Labute approximate surface area is 164 Å². The number of hydrogen-bond donors (Lipinski definition) is 2. The lowest BCUT2D eigenvalue weighted by atomic mass is 9.87. The zero-order chi connectivity index (χ0) is 17.8. The van der Waals surface area contributed by atoms with Gasteiger partial charge in [0.1, 0.15) is 5.82 Å². The van der Waals surface area contributed by atoms with Crippen molar-refractivity contribution >= 4 is 35.8 Å². The molecule has 0 heterocycles. The predicted molar refractivity (Wildman–Crippen MR) is 108 cm³/mol. The lowest BCUT2D eigenvalue weighted by Gasteiger charge is -2.27. The first-order valence-electron chi connectivity index (χ1n) is 8.60. The fourth-order valence-electron chi connectivity index (χ4n) is 3.13. The number of carbonyl (C=O) groups is 1. The SMILES string of the molecule is CC(CSc1ccc(F)cc1)C(=O)NC1CCCc2cc(N)ccc21.Cl. The van der Waals surface area contributed by atoms with Crippen LogP contribution in [0.15, 0.2) is 47.4 Å². The average Bonchev–Trinajstić information content (AvgIpc) is 2.60. The van der Waals surface area contributed by atoms with Crippen LogP contribution in [0.25, 0.3) is 0 Å². The second-order valence-electron chi connectivity index (χ2n) is 6.58. The molecule has 0 saturated heterocycles. The number of fused-ring (bicyclic) bond motifs is 1. The number of halogens is 2. The third-order valence-corrected chi connectivity index (χ3v) is 5.83. The summed E-state index contributed by atoms with van der Waals surface area (Å²) in [6, 6.07) is 12.4. The predicted octanol–water partition coefficient (Wildman–Crippen LogP) is 4.75. The molecule has 2 unspecified atom stereocenters. The van der Waals surface area contributed by atoms with Gasteiger partial charge in [0.05, 0.1) is 6.04 Å². The quantitative estimate of drug-likeness (QED) is 0.568. The summed E-state index contributed by atoms with van der Waals surface area (Å²) in [7, 11) is 0. The Morgan fingerprint density at radius 3 is 2.77 bits per heavy atom. The molecule has 0 saturated carbocycles. The number of nitrogens with two attached hydrogens (primary N) is 1. The number of nitrogen functional groups attached to an aromatic ring is 1. The Kier molecular flexibility index (Phi) is 7.35. The van der Waals surface area contributed by atoms with E-state index in [4.69, 9.17) is 5.73 Å². The van der Waals surface area contributed by atoms with Gasteiger partial charge in [0.25, 0.3) is 0 Å². The molecule has 1 aliphatic carbocycles. The maximum atomic E-state index is 12.9. The monoisotopic (exact) mass is 394 g/mol. The van der Waals surface area contributed by atoms with E-state index in [2.05, 4.69) is 5.32 Å². The van der Waals surface area contributed by atoms with Gasteiger partial charge >= 0.3 is 0 Å². The van der Waals surface area contributed by atoms with Crippen LogP contribution in [0.5, 0.6) is 0 Å². The van der Waals surface area contributed by atoms with Crippen molar-refractivity contribution in [2.45, 2.75) is 37.1 Å². The van der Waals surface area contributed by atoms with Crippen molar-refractivity contribution in [1.29, 1.82) is 0 Å². The minimum absolute atomic E-state index is 0. The molecule has 2 atom stereocenters. The normalized spacial score (nSPS) is 16.9. The lowest BCUT2D eigenvalue weighted by Crippen LogP contribution is -2.35. The highest BCUT2D eigenvalue weighted by atomic mass is 35.5. The highest BCUT2D eigenvalue weighted by molar-refractivity contribution is 7.99. The van der Waals surface area contributed by atoms with E-state index in [1.807, 2.05) is 25.1 Å². The molecule has 2 aromatic rings. The molecule has 0 bridgehead atoms. The maximum Gasteiger partial charge on any atom is 0.224 e. The smallest absolute Gasteiger partial charge is 0.224 e. The number of rotatable bonds is 5. The maximum absolute atomic E-state index is 12.9. The molecule has 3 N–H and O–H groups in total. The van der Waals surface area contributed by atoms with Crippen molar-refractivity contribution in [3.63, 3.8) is 0 Å². The van der Waals surface area contributed by atoms with Crippen LogP contribution in [0, 0.1) is 11.7 Å². The summed E-state index contributed by atoms with van der Waals surface area (Å²) >= 11 is 1.57. The Balaban J connectivity index is 0.00000243. The van der Waals surface area contributed by atoms with Gasteiger partial charge in [0, 0.05) is 22.3 Å². The fourth-order valence-corrected chi connectivity index (χ4v) is 4.05. The van der Waals surface area contributed by atoms with Crippen LogP contribution in [0.3, 0.4) is 0 Å². The van der Waals surface area contributed by atoms with Crippen molar-refractivity contribution in [3.8, 4) is 0 Å². The molecule has 0 radical (unpaired) electrons. The molecule has 1 aliphatic rings. The number of benzene rings is 2. The zero-order valence-electron chi connectivity index (χ0n) is 14.7. The van der Waals surface area contributed by atoms with E-state index < -0.39 is 0 Å². The van der Waals surface area contributed by atoms with Gasteiger partial charge in [-0.25, -0.2) is 4.39 Å². The second-order valence-corrected chi connectivity index (χ2v) is 7.67. The van der Waals surface area contributed by atoms with Gasteiger partial charge in [0.15, 0.2) is 0 Å². The number of anilines is 1. The van der Waals surface area contributed by atoms with E-state index in [9.17, 15) is 9.18 Å². The van der Waals surface area contributed by atoms with Crippen LogP contribution in [0.1, 0.15) is 36.9 Å². The van der Waals surface area contributed by atoms with Gasteiger partial charge in [-0.1, -0.05) is 13.0 Å². The molecule has 0 spiro atoms. The van der Waals surface area contributed by atoms with Crippen LogP contribution in [0.2, 0.25) is 0 Å². The number of aryl methyl sites for hydroxylation is 1. The highest BCUT2D eigenvalue weighted by Gasteiger charge is 2.24. The Morgan fingerprint density at radius 2 is 2.04 bits per heavy atom. The van der Waals surface area contributed by atoms with Gasteiger partial charge in [-0.15, -0.1) is 24.2 Å². The number of nitrogens with one attached hydrogen (secondary N) is 1. The largest absolute Gasteiger partial charge is 0.399 e. The molecule has 2 aromatic carbocycles. The van der Waals surface area contributed by atoms with E-state index in [-0.39, 0.29) is 36.1 Å². The molecule has 26 heavy (non-hydrogen) atoms. The standard InChI is InChI=1S/C20H23FN2OS.ClH/c1-13(12-25-17-8-5-15(21)6-9-17)20(24)23-19-4-2-3-14-11-16(22)7-10-18(14)19;/h5-11,13,19H,2-4,12,22H2,1H3,(H,23,24);1H. The van der Waals surface area contributed by atoms with Gasteiger partial charge in [-0.05, 0) is 66.8 Å². The molecule has 0 aromatic heterocycles. The summed E-state index contributed by atoms with van der Waals surface area (Å²) in [5.41, 5.74) is 9.07. The average molecular weight is 395 g/mol. The first kappa shape index (κ1) is 20.6. The molecule has 1 amide bonds. The van der Waals surface area contributed by atoms with Crippen molar-refractivity contribution in [3.05, 3.63) is 59.4 Å². The minimum Gasteiger partial charge on any atom is -0.399 e. The summed E-state index contributed by atoms with van der Waals surface area (Å²) < 4.78 is 12.9. The molecule has 0 fully saturated rings. The van der Waals surface area contributed by atoms with Crippen molar-refractivity contribution < 1.29 is 9.18 Å². The molecule has 3 rings (SSSR count). The minimum atomic E-state index is -0.244. The molecule has 6 heteroatoms. The molecular formula is C20H24ClFN2OS. The van der Waals surface area contributed by atoms with E-state index >= 15 is 0 Å². The van der Waals surface area contributed by atoms with Crippen LogP contribution < -0.4 is 11.1 Å². The third kappa shape index (κ3) is 5.15. The topological polar surface area (TPSA) is 55.1 Å². The summed E-state index contributed by atoms with van der Waals surface area (Å²) in [6.45, 7) is 1.93.